The molecule has 3 aliphatic rings. The molecule has 0 unspecified atom stereocenters. The van der Waals surface area contributed by atoms with E-state index in [1.165, 1.54) is 11.3 Å². The lowest BCUT2D eigenvalue weighted by Crippen LogP contribution is -2.51. The third-order valence-corrected chi connectivity index (χ3v) is 7.61. The van der Waals surface area contributed by atoms with Gasteiger partial charge >= 0.3 is 0 Å². The second kappa shape index (κ2) is 12.5. The maximum atomic E-state index is 12.2. The summed E-state index contributed by atoms with van der Waals surface area (Å²) in [4.78, 5) is 24.9. The van der Waals surface area contributed by atoms with E-state index in [9.17, 15) is 4.79 Å². The van der Waals surface area contributed by atoms with Crippen molar-refractivity contribution in [3.63, 3.8) is 0 Å². The standard InChI is InChI=1S/C26H43N5O2.ClH/c1-21(2)28-7-11-30(12-8-28)25-23(19-27-15-17-33-18-16-27)5-6-24(20-32)26(25)31-13-9-29(10-14-31)22(3)4;/h5-6,20-22H,7-19H2,1-4H3;1H. The van der Waals surface area contributed by atoms with Crippen LogP contribution in [0.25, 0.3) is 0 Å². The molecule has 0 aliphatic carbocycles. The Morgan fingerprint density at radius 1 is 0.765 bits per heavy atom. The van der Waals surface area contributed by atoms with E-state index in [-0.39, 0.29) is 12.4 Å². The SMILES string of the molecule is CC(C)N1CCN(c2c(C=O)ccc(CN3CCOCC3)c2N2CCN(C(C)C)CC2)CC1.Cl. The molecule has 34 heavy (non-hydrogen) atoms. The molecule has 3 saturated heterocycles. The van der Waals surface area contributed by atoms with Crippen LogP contribution in [0.3, 0.4) is 0 Å². The number of benzene rings is 1. The van der Waals surface area contributed by atoms with E-state index < -0.39 is 0 Å². The van der Waals surface area contributed by atoms with Crippen LogP contribution >= 0.6 is 12.4 Å². The van der Waals surface area contributed by atoms with Crippen molar-refractivity contribution in [2.45, 2.75) is 46.3 Å². The van der Waals surface area contributed by atoms with Crippen LogP contribution in [-0.2, 0) is 11.3 Å². The van der Waals surface area contributed by atoms with E-state index in [1.807, 2.05) is 0 Å². The fourth-order valence-corrected chi connectivity index (χ4v) is 5.47. The summed E-state index contributed by atoms with van der Waals surface area (Å²) in [5.74, 6) is 0. The zero-order valence-corrected chi connectivity index (χ0v) is 22.4. The number of ether oxygens (including phenoxy) is 1. The summed E-state index contributed by atoms with van der Waals surface area (Å²) >= 11 is 0. The summed E-state index contributed by atoms with van der Waals surface area (Å²) in [6.07, 6.45) is 1.07. The fraction of sp³-hybridized carbons (Fsp3) is 0.731. The van der Waals surface area contributed by atoms with Gasteiger partial charge in [0, 0.05) is 89.6 Å². The fourth-order valence-electron chi connectivity index (χ4n) is 5.47. The summed E-state index contributed by atoms with van der Waals surface area (Å²) < 4.78 is 5.59. The molecule has 1 aromatic rings. The van der Waals surface area contributed by atoms with Gasteiger partial charge < -0.3 is 14.5 Å². The highest BCUT2D eigenvalue weighted by Crippen LogP contribution is 2.38. The van der Waals surface area contributed by atoms with E-state index in [0.29, 0.717) is 12.1 Å². The Bertz CT molecular complexity index is 784. The minimum Gasteiger partial charge on any atom is -0.379 e. The lowest BCUT2D eigenvalue weighted by Gasteiger charge is -2.44. The van der Waals surface area contributed by atoms with Gasteiger partial charge in [0.05, 0.1) is 24.6 Å². The monoisotopic (exact) mass is 493 g/mol. The van der Waals surface area contributed by atoms with Gasteiger partial charge in [-0.25, -0.2) is 0 Å². The zero-order valence-electron chi connectivity index (χ0n) is 21.5. The molecule has 4 rings (SSSR count). The average molecular weight is 494 g/mol. The number of anilines is 2. The highest BCUT2D eigenvalue weighted by molar-refractivity contribution is 5.93. The van der Waals surface area contributed by atoms with Gasteiger partial charge in [-0.1, -0.05) is 6.07 Å². The molecule has 3 heterocycles. The summed E-state index contributed by atoms with van der Waals surface area (Å²) in [5, 5.41) is 0. The number of nitrogens with zero attached hydrogens (tertiary/aromatic N) is 5. The number of rotatable bonds is 7. The molecule has 0 bridgehead atoms. The number of morpholine rings is 1. The quantitative estimate of drug-likeness (QED) is 0.541. The first-order chi connectivity index (χ1) is 16.0. The number of halogens is 1. The lowest BCUT2D eigenvalue weighted by atomic mass is 10.0. The zero-order chi connectivity index (χ0) is 23.4. The molecule has 192 valence electrons. The predicted octanol–water partition coefficient (Wildman–Crippen LogP) is 2.81. The molecule has 0 atom stereocenters. The molecule has 0 radical (unpaired) electrons. The number of hydrogen-bond donors (Lipinski definition) is 0. The maximum Gasteiger partial charge on any atom is 0.152 e. The summed E-state index contributed by atoms with van der Waals surface area (Å²) in [7, 11) is 0. The van der Waals surface area contributed by atoms with Crippen molar-refractivity contribution >= 4 is 30.1 Å². The summed E-state index contributed by atoms with van der Waals surface area (Å²) in [6.45, 7) is 21.8. The Balaban J connectivity index is 0.00000324. The minimum absolute atomic E-state index is 0. The van der Waals surface area contributed by atoms with Gasteiger partial charge in [0.25, 0.3) is 0 Å². The van der Waals surface area contributed by atoms with Crippen molar-refractivity contribution in [3.8, 4) is 0 Å². The number of carbonyl (C=O) groups is 1. The van der Waals surface area contributed by atoms with Crippen LogP contribution in [0, 0.1) is 0 Å². The predicted molar refractivity (Wildman–Crippen MR) is 143 cm³/mol. The number of hydrogen-bond acceptors (Lipinski definition) is 7. The largest absolute Gasteiger partial charge is 0.379 e. The van der Waals surface area contributed by atoms with Gasteiger partial charge in [0.2, 0.25) is 0 Å². The first kappa shape index (κ1) is 27.2. The van der Waals surface area contributed by atoms with Crippen LogP contribution < -0.4 is 9.80 Å². The van der Waals surface area contributed by atoms with Gasteiger partial charge in [0.15, 0.2) is 6.29 Å². The van der Waals surface area contributed by atoms with Crippen molar-refractivity contribution in [2.24, 2.45) is 0 Å². The molecular weight excluding hydrogens is 450 g/mol. The summed E-state index contributed by atoms with van der Waals surface area (Å²) in [6, 6.07) is 5.40. The van der Waals surface area contributed by atoms with Crippen LogP contribution in [0.4, 0.5) is 11.4 Å². The normalized spacial score (nSPS) is 21.2. The van der Waals surface area contributed by atoms with E-state index in [0.717, 1.165) is 103 Å². The van der Waals surface area contributed by atoms with Crippen LogP contribution in [0.5, 0.6) is 0 Å². The maximum absolute atomic E-state index is 12.2. The van der Waals surface area contributed by atoms with Gasteiger partial charge in [-0.05, 0) is 39.3 Å². The van der Waals surface area contributed by atoms with Crippen LogP contribution in [0.15, 0.2) is 12.1 Å². The molecule has 0 N–H and O–H groups in total. The average Bonchev–Trinajstić information content (AvgIpc) is 2.84. The van der Waals surface area contributed by atoms with Gasteiger partial charge in [-0.15, -0.1) is 12.4 Å². The van der Waals surface area contributed by atoms with Crippen molar-refractivity contribution in [1.82, 2.24) is 14.7 Å². The van der Waals surface area contributed by atoms with E-state index in [4.69, 9.17) is 4.74 Å². The molecule has 0 amide bonds. The highest BCUT2D eigenvalue weighted by atomic mass is 35.5. The molecule has 7 nitrogen and oxygen atoms in total. The van der Waals surface area contributed by atoms with Gasteiger partial charge in [-0.2, -0.15) is 0 Å². The molecule has 3 fully saturated rings. The van der Waals surface area contributed by atoms with Crippen molar-refractivity contribution in [3.05, 3.63) is 23.3 Å². The number of carbonyl (C=O) groups excluding carboxylic acids is 1. The Morgan fingerprint density at radius 3 is 1.74 bits per heavy atom. The molecule has 0 spiro atoms. The van der Waals surface area contributed by atoms with Crippen molar-refractivity contribution < 1.29 is 9.53 Å². The van der Waals surface area contributed by atoms with Crippen LogP contribution in [0.2, 0.25) is 0 Å². The Morgan fingerprint density at radius 2 is 1.26 bits per heavy atom. The molecule has 3 aliphatic heterocycles. The van der Waals surface area contributed by atoms with E-state index in [2.05, 4.69) is 64.3 Å². The highest BCUT2D eigenvalue weighted by Gasteiger charge is 2.29. The third-order valence-electron chi connectivity index (χ3n) is 7.61. The van der Waals surface area contributed by atoms with Crippen LogP contribution in [-0.4, -0.2) is 112 Å². The number of aldehydes is 1. The second-order valence-corrected chi connectivity index (χ2v) is 10.3. The minimum atomic E-state index is 0. The molecule has 1 aromatic carbocycles. The number of piperazine rings is 2. The summed E-state index contributed by atoms with van der Waals surface area (Å²) in [5.41, 5.74) is 4.64. The molecule has 0 aromatic heterocycles. The van der Waals surface area contributed by atoms with E-state index >= 15 is 0 Å². The van der Waals surface area contributed by atoms with E-state index in [1.54, 1.807) is 0 Å². The topological polar surface area (TPSA) is 42.5 Å². The Hall–Kier alpha value is -1.38. The smallest absolute Gasteiger partial charge is 0.152 e. The molecule has 0 saturated carbocycles. The first-order valence-electron chi connectivity index (χ1n) is 12.9. The van der Waals surface area contributed by atoms with Crippen molar-refractivity contribution in [2.75, 3.05) is 88.5 Å². The third kappa shape index (κ3) is 6.24. The second-order valence-electron chi connectivity index (χ2n) is 10.3. The van der Waals surface area contributed by atoms with Crippen molar-refractivity contribution in [1.29, 1.82) is 0 Å². The Kier molecular flexibility index (Phi) is 10.0. The van der Waals surface area contributed by atoms with Gasteiger partial charge in [0.1, 0.15) is 0 Å². The Labute approximate surface area is 212 Å². The van der Waals surface area contributed by atoms with Crippen LogP contribution in [0.1, 0.15) is 43.6 Å². The first-order valence-corrected chi connectivity index (χ1v) is 12.9. The van der Waals surface area contributed by atoms with Gasteiger partial charge in [-0.3, -0.25) is 19.5 Å². The molecule has 8 heteroatoms. The lowest BCUT2D eigenvalue weighted by molar-refractivity contribution is 0.0342. The molecular formula is C26H44ClN5O2.